The van der Waals surface area contributed by atoms with E-state index in [9.17, 15) is 29.9 Å². The van der Waals surface area contributed by atoms with Crippen molar-refractivity contribution in [3.8, 4) is 0 Å². The Labute approximate surface area is 309 Å². The molecule has 1 aliphatic rings. The molecule has 0 bridgehead atoms. The van der Waals surface area contributed by atoms with Crippen molar-refractivity contribution >= 4 is 7.82 Å². The van der Waals surface area contributed by atoms with E-state index < -0.39 is 45.1 Å². The smallest absolute Gasteiger partial charge is 0.394 e. The molecule has 0 spiro atoms. The average molecular weight is 739 g/mol. The van der Waals surface area contributed by atoms with Gasteiger partial charge in [-0.25, -0.2) is 4.57 Å². The van der Waals surface area contributed by atoms with Crippen molar-refractivity contribution in [2.24, 2.45) is 5.92 Å². The van der Waals surface area contributed by atoms with Crippen LogP contribution in [0.4, 0.5) is 0 Å². The van der Waals surface area contributed by atoms with Crippen molar-refractivity contribution in [2.75, 3.05) is 13.2 Å². The number of aliphatic hydroxyl groups excluding tert-OH is 4. The van der Waals surface area contributed by atoms with Crippen molar-refractivity contribution in [3.05, 3.63) is 69.9 Å². The van der Waals surface area contributed by atoms with Crippen LogP contribution in [0.25, 0.3) is 0 Å². The van der Waals surface area contributed by atoms with E-state index in [1.165, 1.54) is 33.4 Å². The minimum atomic E-state index is -4.62. The van der Waals surface area contributed by atoms with Crippen LogP contribution >= 0.6 is 7.82 Å². The molecule has 1 rings (SSSR count). The van der Waals surface area contributed by atoms with Gasteiger partial charge in [0.15, 0.2) is 6.29 Å². The highest BCUT2D eigenvalue weighted by Crippen LogP contribution is 2.46. The summed E-state index contributed by atoms with van der Waals surface area (Å²) in [4.78, 5) is 10.0. The monoisotopic (exact) mass is 738 g/mol. The van der Waals surface area contributed by atoms with E-state index >= 15 is 0 Å². The maximum atomic E-state index is 12.4. The summed E-state index contributed by atoms with van der Waals surface area (Å²) < 4.78 is 27.4. The Balaban J connectivity index is 2.26. The Hall–Kier alpha value is -1.65. The van der Waals surface area contributed by atoms with Crippen LogP contribution in [-0.4, -0.2) is 69.2 Å². The lowest BCUT2D eigenvalue weighted by Gasteiger charge is -2.39. The largest absolute Gasteiger partial charge is 0.474 e. The number of phosphoric ester groups is 1. The lowest BCUT2D eigenvalue weighted by atomic mass is 10.00. The second kappa shape index (κ2) is 26.2. The molecule has 1 heterocycles. The van der Waals surface area contributed by atoms with Crippen LogP contribution < -0.4 is 0 Å². The van der Waals surface area contributed by atoms with Crippen LogP contribution in [0.5, 0.6) is 0 Å². The van der Waals surface area contributed by atoms with Gasteiger partial charge in [0.1, 0.15) is 24.4 Å². The molecule has 0 saturated carbocycles. The molecule has 2 unspecified atom stereocenters. The van der Waals surface area contributed by atoms with E-state index in [1.54, 1.807) is 0 Å². The third kappa shape index (κ3) is 22.2. The second-order valence-corrected chi connectivity index (χ2v) is 16.2. The zero-order chi connectivity index (χ0) is 38.4. The summed E-state index contributed by atoms with van der Waals surface area (Å²) in [6.07, 6.45) is 19.4. The highest BCUT2D eigenvalue weighted by molar-refractivity contribution is 7.47. The van der Waals surface area contributed by atoms with Crippen LogP contribution in [0.2, 0.25) is 0 Å². The van der Waals surface area contributed by atoms with Gasteiger partial charge in [0, 0.05) is 0 Å². The molecule has 1 aliphatic heterocycles. The van der Waals surface area contributed by atoms with Crippen molar-refractivity contribution in [2.45, 2.75) is 170 Å². The molecule has 1 fully saturated rings. The third-order valence-corrected chi connectivity index (χ3v) is 10.3. The number of hydrogen-bond acceptors (Lipinski definition) is 8. The summed E-state index contributed by atoms with van der Waals surface area (Å²) >= 11 is 0. The van der Waals surface area contributed by atoms with E-state index in [4.69, 9.17) is 13.8 Å². The van der Waals surface area contributed by atoms with Gasteiger partial charge < -0.3 is 30.1 Å². The second-order valence-electron chi connectivity index (χ2n) is 14.8. The fourth-order valence-corrected chi connectivity index (χ4v) is 6.56. The molecule has 5 N–H and O–H groups in total. The van der Waals surface area contributed by atoms with Crippen LogP contribution in [0.15, 0.2) is 69.9 Å². The minimum Gasteiger partial charge on any atom is -0.394 e. The lowest BCUT2D eigenvalue weighted by molar-refractivity contribution is -0.281. The summed E-state index contributed by atoms with van der Waals surface area (Å²) in [5, 5.41) is 39.0. The SMILES string of the molecule is CC(C)=CCC/C(C)=C/CC/C(C)=C/CC/C(C)=C\CC/C(C)=C\CC/C(C)=C\CCC(C)CCOP(=O)(O)O[C@@H]1O[C@H](CO)[C@@H](O)[C@H](O)[C@@H]1O. The number of hydrogen-bond donors (Lipinski definition) is 5. The maximum absolute atomic E-state index is 12.4. The number of allylic oxidation sites excluding steroid dienone is 12. The number of phosphoric acid groups is 1. The molecule has 0 amide bonds. The van der Waals surface area contributed by atoms with Gasteiger partial charge >= 0.3 is 7.82 Å². The van der Waals surface area contributed by atoms with E-state index in [1.807, 2.05) is 6.92 Å². The number of aliphatic hydroxyl groups is 4. The van der Waals surface area contributed by atoms with Gasteiger partial charge in [-0.05, 0) is 138 Å². The summed E-state index contributed by atoms with van der Waals surface area (Å²) in [5.41, 5.74) is 8.62. The summed E-state index contributed by atoms with van der Waals surface area (Å²) in [7, 11) is -4.62. The van der Waals surface area contributed by atoms with Crippen molar-refractivity contribution < 1.29 is 43.7 Å². The topological polar surface area (TPSA) is 146 Å². The van der Waals surface area contributed by atoms with Gasteiger partial charge in [0.05, 0.1) is 13.2 Å². The van der Waals surface area contributed by atoms with Gasteiger partial charge in [0.2, 0.25) is 0 Å². The molecule has 7 atom stereocenters. The first kappa shape index (κ1) is 47.4. The maximum Gasteiger partial charge on any atom is 0.474 e. The predicted molar refractivity (Wildman–Crippen MR) is 208 cm³/mol. The van der Waals surface area contributed by atoms with Gasteiger partial charge in [0.25, 0.3) is 0 Å². The first-order valence-electron chi connectivity index (χ1n) is 18.9. The van der Waals surface area contributed by atoms with Crippen LogP contribution in [0, 0.1) is 5.92 Å². The Kier molecular flexibility index (Phi) is 24.3. The zero-order valence-corrected chi connectivity index (χ0v) is 33.7. The summed E-state index contributed by atoms with van der Waals surface area (Å²) in [6, 6.07) is 0. The molecule has 1 saturated heterocycles. The van der Waals surface area contributed by atoms with E-state index in [0.29, 0.717) is 6.42 Å². The molecular formula is C41H71O9P. The van der Waals surface area contributed by atoms with Crippen molar-refractivity contribution in [3.63, 3.8) is 0 Å². The van der Waals surface area contributed by atoms with Crippen LogP contribution in [0.3, 0.4) is 0 Å². The van der Waals surface area contributed by atoms with E-state index in [-0.39, 0.29) is 12.5 Å². The summed E-state index contributed by atoms with van der Waals surface area (Å²) in [6.45, 7) is 16.8. The fourth-order valence-electron chi connectivity index (χ4n) is 5.73. The standard InChI is InChI=1S/C41H71O9P/c1-30(2)15-9-16-31(3)17-10-18-32(4)19-11-20-33(5)21-12-22-34(6)23-13-24-35(7)25-14-26-36(8)27-28-48-51(46,47)50-41-40(45)39(44)38(43)37(29-42)49-41/h15,17,19,21,23,25,36-45H,9-14,16,18,20,22,24,26-29H2,1-8H3,(H,46,47)/b31-17+,32-19+,33-21-,34-23-,35-25-/t36?,37-,38-,39+,40+,41+/m1/s1. The molecule has 0 aromatic heterocycles. The summed E-state index contributed by atoms with van der Waals surface area (Å²) in [5.74, 6) is 0.236. The van der Waals surface area contributed by atoms with Crippen LogP contribution in [-0.2, 0) is 18.3 Å². The molecule has 51 heavy (non-hydrogen) atoms. The molecule has 0 aromatic carbocycles. The molecule has 294 valence electrons. The predicted octanol–water partition coefficient (Wildman–Crippen LogP) is 9.32. The first-order chi connectivity index (χ1) is 24.0. The van der Waals surface area contributed by atoms with Crippen LogP contribution in [0.1, 0.15) is 139 Å². The van der Waals surface area contributed by atoms with Gasteiger partial charge in [-0.2, -0.15) is 0 Å². The van der Waals surface area contributed by atoms with E-state index in [0.717, 1.165) is 77.0 Å². The number of ether oxygens (including phenoxy) is 1. The Morgan fingerprint density at radius 2 is 1.06 bits per heavy atom. The molecule has 0 radical (unpaired) electrons. The molecule has 0 aliphatic carbocycles. The molecule has 10 heteroatoms. The quantitative estimate of drug-likeness (QED) is 0.0457. The highest BCUT2D eigenvalue weighted by atomic mass is 31.2. The zero-order valence-electron chi connectivity index (χ0n) is 32.9. The van der Waals surface area contributed by atoms with Crippen molar-refractivity contribution in [1.82, 2.24) is 0 Å². The molecular weight excluding hydrogens is 667 g/mol. The fraction of sp³-hybridized carbons (Fsp3) is 0.707. The molecule has 9 nitrogen and oxygen atoms in total. The van der Waals surface area contributed by atoms with Gasteiger partial charge in [-0.15, -0.1) is 0 Å². The highest BCUT2D eigenvalue weighted by Gasteiger charge is 2.46. The van der Waals surface area contributed by atoms with E-state index in [2.05, 4.69) is 84.9 Å². The number of rotatable bonds is 25. The average Bonchev–Trinajstić information content (AvgIpc) is 3.04. The van der Waals surface area contributed by atoms with Crippen molar-refractivity contribution in [1.29, 1.82) is 0 Å². The lowest BCUT2D eigenvalue weighted by Crippen LogP contribution is -2.58. The van der Waals surface area contributed by atoms with Gasteiger partial charge in [-0.1, -0.05) is 76.8 Å². The molecule has 0 aromatic rings. The third-order valence-electron chi connectivity index (χ3n) is 9.32. The Bertz CT molecular complexity index is 1230. The van der Waals surface area contributed by atoms with Gasteiger partial charge in [-0.3, -0.25) is 9.05 Å². The normalized spacial score (nSPS) is 24.4. The first-order valence-corrected chi connectivity index (χ1v) is 20.4. The minimum absolute atomic E-state index is 0.0416. The Morgan fingerprint density at radius 1 is 0.647 bits per heavy atom. The Morgan fingerprint density at radius 3 is 1.47 bits per heavy atom.